The van der Waals surface area contributed by atoms with E-state index in [4.69, 9.17) is 0 Å². The van der Waals surface area contributed by atoms with Crippen LogP contribution in [0.4, 0.5) is 4.79 Å². The van der Waals surface area contributed by atoms with E-state index in [1.807, 2.05) is 18.9 Å². The van der Waals surface area contributed by atoms with Gasteiger partial charge in [-0.3, -0.25) is 4.68 Å². The van der Waals surface area contributed by atoms with Crippen LogP contribution in [0.2, 0.25) is 0 Å². The van der Waals surface area contributed by atoms with E-state index in [0.29, 0.717) is 12.6 Å². The Balaban J connectivity index is 1.71. The Kier molecular flexibility index (Phi) is 5.18. The highest BCUT2D eigenvalue weighted by Gasteiger charge is 2.28. The molecule has 1 saturated carbocycles. The van der Waals surface area contributed by atoms with Crippen molar-refractivity contribution in [2.45, 2.75) is 58.2 Å². The van der Waals surface area contributed by atoms with Gasteiger partial charge in [0.25, 0.3) is 0 Å². The minimum atomic E-state index is -0.168. The summed E-state index contributed by atoms with van der Waals surface area (Å²) in [6.45, 7) is 4.73. The maximum Gasteiger partial charge on any atom is 0.318 e. The molecule has 130 valence electrons. The summed E-state index contributed by atoms with van der Waals surface area (Å²) in [6, 6.07) is 4.40. The zero-order valence-corrected chi connectivity index (χ0v) is 15.3. The minimum Gasteiger partial charge on any atom is -0.328 e. The van der Waals surface area contributed by atoms with Gasteiger partial charge in [-0.15, -0.1) is 11.3 Å². The number of aromatic nitrogens is 3. The van der Waals surface area contributed by atoms with Gasteiger partial charge in [-0.1, -0.05) is 12.8 Å². The second-order valence-corrected chi connectivity index (χ2v) is 7.86. The molecule has 0 aliphatic heterocycles. The van der Waals surface area contributed by atoms with Crippen LogP contribution in [0.1, 0.15) is 54.2 Å². The molecule has 1 fully saturated rings. The van der Waals surface area contributed by atoms with Gasteiger partial charge in [-0.25, -0.2) is 9.78 Å². The van der Waals surface area contributed by atoms with Crippen LogP contribution < -0.4 is 5.32 Å². The van der Waals surface area contributed by atoms with Gasteiger partial charge in [0.15, 0.2) is 0 Å². The number of aryl methyl sites for hydroxylation is 2. The van der Waals surface area contributed by atoms with Crippen LogP contribution in [-0.2, 0) is 13.6 Å². The van der Waals surface area contributed by atoms with E-state index in [0.717, 1.165) is 18.7 Å². The van der Waals surface area contributed by atoms with Crippen LogP contribution in [-0.4, -0.2) is 31.7 Å². The first kappa shape index (κ1) is 17.0. The lowest BCUT2D eigenvalue weighted by atomic mass is 10.2. The van der Waals surface area contributed by atoms with Crippen LogP contribution >= 0.6 is 11.3 Å². The predicted molar refractivity (Wildman–Crippen MR) is 94.8 cm³/mol. The Morgan fingerprint density at radius 1 is 1.46 bits per heavy atom. The Hall–Kier alpha value is -1.89. The molecular formula is C17H25N5OS. The van der Waals surface area contributed by atoms with E-state index < -0.39 is 0 Å². The predicted octanol–water partition coefficient (Wildman–Crippen LogP) is 3.40. The molecule has 1 aliphatic carbocycles. The van der Waals surface area contributed by atoms with Crippen LogP contribution in [0.5, 0.6) is 0 Å². The number of carbonyl (C=O) groups is 1. The lowest BCUT2D eigenvalue weighted by Gasteiger charge is -2.30. The maximum absolute atomic E-state index is 12.9. The highest BCUT2D eigenvalue weighted by atomic mass is 32.1. The molecule has 1 unspecified atom stereocenters. The molecule has 2 aromatic heterocycles. The second kappa shape index (κ2) is 7.34. The molecule has 6 nitrogen and oxygen atoms in total. The molecule has 0 spiro atoms. The largest absolute Gasteiger partial charge is 0.328 e. The average Bonchev–Trinajstić information content (AvgIpc) is 3.26. The highest BCUT2D eigenvalue weighted by molar-refractivity contribution is 7.11. The summed E-state index contributed by atoms with van der Waals surface area (Å²) in [7, 11) is 1.84. The van der Waals surface area contributed by atoms with Crippen molar-refractivity contribution in [1.29, 1.82) is 0 Å². The van der Waals surface area contributed by atoms with Crippen molar-refractivity contribution >= 4 is 17.4 Å². The summed E-state index contributed by atoms with van der Waals surface area (Å²) in [6.07, 6.45) is 6.11. The topological polar surface area (TPSA) is 63.1 Å². The second-order valence-electron chi connectivity index (χ2n) is 6.49. The standard InChI is InChI=1S/C17H25N5OS/c1-12-8-9-15(24-12)10-22(14-6-4-5-7-14)17(23)20-13(2)16-18-11-19-21(16)3/h8-9,11,13-14H,4-7,10H2,1-3H3,(H,20,23). The molecule has 0 aromatic carbocycles. The first-order valence-electron chi connectivity index (χ1n) is 8.51. The lowest BCUT2D eigenvalue weighted by molar-refractivity contribution is 0.168. The fourth-order valence-corrected chi connectivity index (χ4v) is 4.24. The monoisotopic (exact) mass is 347 g/mol. The Bertz CT molecular complexity index is 689. The fourth-order valence-electron chi connectivity index (χ4n) is 3.35. The number of hydrogen-bond acceptors (Lipinski definition) is 4. The van der Waals surface area contributed by atoms with E-state index >= 15 is 0 Å². The Labute approximate surface area is 146 Å². The molecule has 2 heterocycles. The van der Waals surface area contributed by atoms with Crippen molar-refractivity contribution in [2.24, 2.45) is 7.05 Å². The molecule has 7 heteroatoms. The average molecular weight is 347 g/mol. The van der Waals surface area contributed by atoms with Gasteiger partial charge in [0, 0.05) is 22.8 Å². The molecule has 1 N–H and O–H groups in total. The third-order valence-corrected chi connectivity index (χ3v) is 5.61. The van der Waals surface area contributed by atoms with E-state index in [1.54, 1.807) is 16.0 Å². The highest BCUT2D eigenvalue weighted by Crippen LogP contribution is 2.27. The van der Waals surface area contributed by atoms with Crippen molar-refractivity contribution in [3.8, 4) is 0 Å². The number of urea groups is 1. The number of hydrogen-bond donors (Lipinski definition) is 1. The van der Waals surface area contributed by atoms with Gasteiger partial charge < -0.3 is 10.2 Å². The first-order valence-corrected chi connectivity index (χ1v) is 9.32. The first-order chi connectivity index (χ1) is 11.5. The third kappa shape index (κ3) is 3.77. The van der Waals surface area contributed by atoms with Crippen molar-refractivity contribution in [3.63, 3.8) is 0 Å². The Morgan fingerprint density at radius 2 is 2.21 bits per heavy atom. The Morgan fingerprint density at radius 3 is 2.79 bits per heavy atom. The summed E-state index contributed by atoms with van der Waals surface area (Å²) in [4.78, 5) is 21.7. The fraction of sp³-hybridized carbons (Fsp3) is 0.588. The van der Waals surface area contributed by atoms with Gasteiger partial charge in [0.1, 0.15) is 12.2 Å². The van der Waals surface area contributed by atoms with Gasteiger partial charge >= 0.3 is 6.03 Å². The van der Waals surface area contributed by atoms with Gasteiger partial charge in [0.2, 0.25) is 0 Å². The van der Waals surface area contributed by atoms with Crippen LogP contribution in [0.15, 0.2) is 18.5 Å². The SMILES string of the molecule is Cc1ccc(CN(C(=O)NC(C)c2ncnn2C)C2CCCC2)s1. The van der Waals surface area contributed by atoms with Crippen LogP contribution in [0.3, 0.4) is 0 Å². The molecule has 2 amide bonds. The molecule has 24 heavy (non-hydrogen) atoms. The molecule has 0 saturated heterocycles. The summed E-state index contributed by atoms with van der Waals surface area (Å²) in [5.41, 5.74) is 0. The van der Waals surface area contributed by atoms with E-state index in [9.17, 15) is 4.79 Å². The van der Waals surface area contributed by atoms with Crippen LogP contribution in [0.25, 0.3) is 0 Å². The van der Waals surface area contributed by atoms with Gasteiger partial charge in [0.05, 0.1) is 12.6 Å². The summed E-state index contributed by atoms with van der Waals surface area (Å²) in [5, 5.41) is 7.18. The van der Waals surface area contributed by atoms with Crippen molar-refractivity contribution < 1.29 is 4.79 Å². The van der Waals surface area contributed by atoms with Gasteiger partial charge in [-0.2, -0.15) is 5.10 Å². The van der Waals surface area contributed by atoms with E-state index in [-0.39, 0.29) is 12.1 Å². The summed E-state index contributed by atoms with van der Waals surface area (Å²) in [5.74, 6) is 0.765. The summed E-state index contributed by atoms with van der Waals surface area (Å²) >= 11 is 1.76. The number of amides is 2. The molecule has 1 atom stereocenters. The van der Waals surface area contributed by atoms with E-state index in [1.165, 1.54) is 28.9 Å². The number of thiophene rings is 1. The van der Waals surface area contributed by atoms with Crippen molar-refractivity contribution in [2.75, 3.05) is 0 Å². The molecule has 0 radical (unpaired) electrons. The van der Waals surface area contributed by atoms with Gasteiger partial charge in [-0.05, 0) is 38.8 Å². The molecule has 2 aromatic rings. The quantitative estimate of drug-likeness (QED) is 0.901. The number of nitrogens with one attached hydrogen (secondary N) is 1. The molecule has 1 aliphatic rings. The summed E-state index contributed by atoms with van der Waals surface area (Å²) < 4.78 is 1.70. The minimum absolute atomic E-state index is 0.0107. The maximum atomic E-state index is 12.9. The number of carbonyl (C=O) groups excluding carboxylic acids is 1. The van der Waals surface area contributed by atoms with Crippen molar-refractivity contribution in [3.05, 3.63) is 34.0 Å². The smallest absolute Gasteiger partial charge is 0.318 e. The molecule has 3 rings (SSSR count). The molecule has 0 bridgehead atoms. The number of nitrogens with zero attached hydrogens (tertiary/aromatic N) is 4. The molecular weight excluding hydrogens is 322 g/mol. The van der Waals surface area contributed by atoms with Crippen molar-refractivity contribution in [1.82, 2.24) is 25.0 Å². The zero-order valence-electron chi connectivity index (χ0n) is 14.5. The lowest BCUT2D eigenvalue weighted by Crippen LogP contribution is -2.45. The van der Waals surface area contributed by atoms with Crippen LogP contribution in [0, 0.1) is 6.92 Å². The third-order valence-electron chi connectivity index (χ3n) is 4.62. The normalized spacial score (nSPS) is 16.3. The number of rotatable bonds is 5. The van der Waals surface area contributed by atoms with E-state index in [2.05, 4.69) is 34.5 Å². The zero-order chi connectivity index (χ0) is 17.1.